The van der Waals surface area contributed by atoms with Crippen molar-refractivity contribution in [2.24, 2.45) is 0 Å². The Balaban J connectivity index is 1.62. The molecule has 0 spiro atoms. The molecule has 0 aliphatic carbocycles. The summed E-state index contributed by atoms with van der Waals surface area (Å²) in [6.45, 7) is 1.81. The molecule has 1 heterocycles. The van der Waals surface area contributed by atoms with Crippen LogP contribution in [0.5, 0.6) is 0 Å². The fourth-order valence-corrected chi connectivity index (χ4v) is 3.18. The highest BCUT2D eigenvalue weighted by Crippen LogP contribution is 2.21. The minimum absolute atomic E-state index is 0.0266. The molecule has 134 valence electrons. The number of aromatic nitrogens is 2. The topological polar surface area (TPSA) is 87.1 Å². The van der Waals surface area contributed by atoms with Crippen LogP contribution in [0.1, 0.15) is 18.4 Å². The molecular weight excluding hydrogens is 348 g/mol. The molecule has 0 fully saturated rings. The van der Waals surface area contributed by atoms with Gasteiger partial charge in [0.1, 0.15) is 0 Å². The smallest absolute Gasteiger partial charge is 0.321 e. The van der Waals surface area contributed by atoms with Crippen LogP contribution in [0.3, 0.4) is 0 Å². The number of carbonyl (C=O) groups is 1. The molecule has 0 radical (unpaired) electrons. The van der Waals surface area contributed by atoms with Crippen LogP contribution >= 0.6 is 11.5 Å². The maximum absolute atomic E-state index is 12.3. The maximum atomic E-state index is 12.3. The standard InChI is InChI=1S/C19H20N4O2S/c1-13(14-8-4-2-5-9-14)16(12-24)20-18(25)22-19-21-17(23-26-19)15-10-6-3-7-11-15/h2-11,13,16,24H,12H2,1H3,(H2,20,21,22,23,25)/t13-,16+/m1/s1. The van der Waals surface area contributed by atoms with Crippen molar-refractivity contribution in [2.45, 2.75) is 18.9 Å². The van der Waals surface area contributed by atoms with E-state index in [9.17, 15) is 9.90 Å². The number of anilines is 1. The highest BCUT2D eigenvalue weighted by Gasteiger charge is 2.21. The van der Waals surface area contributed by atoms with Crippen molar-refractivity contribution < 1.29 is 9.90 Å². The van der Waals surface area contributed by atoms with Crippen molar-refractivity contribution in [1.82, 2.24) is 14.7 Å². The summed E-state index contributed by atoms with van der Waals surface area (Å²) in [5.74, 6) is 0.545. The Bertz CT molecular complexity index is 839. The molecule has 6 nitrogen and oxygen atoms in total. The average molecular weight is 368 g/mol. The number of carbonyl (C=O) groups excluding carboxylic acids is 1. The lowest BCUT2D eigenvalue weighted by Gasteiger charge is -2.23. The van der Waals surface area contributed by atoms with Gasteiger partial charge in [0.15, 0.2) is 5.82 Å². The number of aliphatic hydroxyl groups excluding tert-OH is 1. The zero-order valence-electron chi connectivity index (χ0n) is 14.3. The molecule has 0 aliphatic rings. The van der Waals surface area contributed by atoms with Crippen molar-refractivity contribution in [3.63, 3.8) is 0 Å². The van der Waals surface area contributed by atoms with Crippen LogP contribution < -0.4 is 10.6 Å². The van der Waals surface area contributed by atoms with Crippen LogP contribution in [0.25, 0.3) is 11.4 Å². The van der Waals surface area contributed by atoms with E-state index in [-0.39, 0.29) is 12.5 Å². The average Bonchev–Trinajstić information content (AvgIpc) is 3.15. The fourth-order valence-electron chi connectivity index (χ4n) is 2.60. The Morgan fingerprint density at radius 3 is 2.42 bits per heavy atom. The third kappa shape index (κ3) is 4.44. The number of rotatable bonds is 6. The molecule has 0 saturated heterocycles. The van der Waals surface area contributed by atoms with E-state index in [1.54, 1.807) is 0 Å². The molecule has 3 aromatic rings. The number of aliphatic hydroxyl groups is 1. The van der Waals surface area contributed by atoms with Gasteiger partial charge < -0.3 is 10.4 Å². The summed E-state index contributed by atoms with van der Waals surface area (Å²) in [4.78, 5) is 16.6. The molecule has 1 aromatic heterocycles. The van der Waals surface area contributed by atoms with Crippen molar-refractivity contribution >= 4 is 22.7 Å². The SMILES string of the molecule is C[C@H](c1ccccc1)[C@H](CO)NC(=O)Nc1nc(-c2ccccc2)ns1. The second kappa shape index (κ2) is 8.55. The van der Waals surface area contributed by atoms with E-state index in [1.807, 2.05) is 67.6 Å². The van der Waals surface area contributed by atoms with E-state index in [1.165, 1.54) is 0 Å². The van der Waals surface area contributed by atoms with Crippen LogP contribution in [0, 0.1) is 0 Å². The molecule has 3 N–H and O–H groups in total. The van der Waals surface area contributed by atoms with Gasteiger partial charge in [0.05, 0.1) is 12.6 Å². The molecule has 7 heteroatoms. The van der Waals surface area contributed by atoms with Gasteiger partial charge in [-0.25, -0.2) is 4.79 Å². The third-order valence-corrected chi connectivity index (χ3v) is 4.75. The van der Waals surface area contributed by atoms with Gasteiger partial charge in [0.2, 0.25) is 5.13 Å². The predicted molar refractivity (Wildman–Crippen MR) is 103 cm³/mol. The van der Waals surface area contributed by atoms with Crippen molar-refractivity contribution in [3.8, 4) is 11.4 Å². The predicted octanol–water partition coefficient (Wildman–Crippen LogP) is 3.49. The van der Waals surface area contributed by atoms with E-state index in [0.29, 0.717) is 11.0 Å². The Labute approximate surface area is 156 Å². The Hall–Kier alpha value is -2.77. The van der Waals surface area contributed by atoms with Crippen LogP contribution in [0.2, 0.25) is 0 Å². The molecular formula is C19H20N4O2S. The van der Waals surface area contributed by atoms with Crippen LogP contribution in [-0.4, -0.2) is 33.1 Å². The first-order valence-electron chi connectivity index (χ1n) is 8.30. The number of urea groups is 1. The van der Waals surface area contributed by atoms with Crippen molar-refractivity contribution in [2.75, 3.05) is 11.9 Å². The first-order valence-corrected chi connectivity index (χ1v) is 9.07. The monoisotopic (exact) mass is 368 g/mol. The summed E-state index contributed by atoms with van der Waals surface area (Å²) >= 11 is 1.12. The molecule has 26 heavy (non-hydrogen) atoms. The van der Waals surface area contributed by atoms with E-state index in [2.05, 4.69) is 20.0 Å². The molecule has 0 unspecified atom stereocenters. The van der Waals surface area contributed by atoms with E-state index in [4.69, 9.17) is 0 Å². The number of amides is 2. The molecule has 2 amide bonds. The zero-order chi connectivity index (χ0) is 18.4. The van der Waals surface area contributed by atoms with Gasteiger partial charge in [-0.3, -0.25) is 5.32 Å². The van der Waals surface area contributed by atoms with Crippen LogP contribution in [0.15, 0.2) is 60.7 Å². The van der Waals surface area contributed by atoms with Crippen molar-refractivity contribution in [3.05, 3.63) is 66.2 Å². The van der Waals surface area contributed by atoms with Crippen LogP contribution in [0.4, 0.5) is 9.93 Å². The zero-order valence-corrected chi connectivity index (χ0v) is 15.1. The molecule has 0 bridgehead atoms. The lowest BCUT2D eigenvalue weighted by Crippen LogP contribution is -2.43. The van der Waals surface area contributed by atoms with Gasteiger partial charge in [0.25, 0.3) is 0 Å². The highest BCUT2D eigenvalue weighted by molar-refractivity contribution is 7.10. The maximum Gasteiger partial charge on any atom is 0.321 e. The van der Waals surface area contributed by atoms with Gasteiger partial charge in [-0.2, -0.15) is 9.36 Å². The number of benzene rings is 2. The van der Waals surface area contributed by atoms with Gasteiger partial charge in [-0.05, 0) is 5.56 Å². The third-order valence-electron chi connectivity index (χ3n) is 4.12. The molecule has 2 atom stereocenters. The summed E-state index contributed by atoms with van der Waals surface area (Å²) in [5.41, 5.74) is 1.94. The summed E-state index contributed by atoms with van der Waals surface area (Å²) < 4.78 is 4.26. The van der Waals surface area contributed by atoms with Crippen molar-refractivity contribution in [1.29, 1.82) is 0 Å². The Morgan fingerprint density at radius 1 is 1.12 bits per heavy atom. The Kier molecular flexibility index (Phi) is 5.93. The summed E-state index contributed by atoms with van der Waals surface area (Å²) in [5, 5.41) is 15.6. The Morgan fingerprint density at radius 2 is 1.77 bits per heavy atom. The normalized spacial score (nSPS) is 13.0. The summed E-state index contributed by atoms with van der Waals surface area (Å²) in [6, 6.07) is 18.5. The van der Waals surface area contributed by atoms with Gasteiger partial charge in [-0.15, -0.1) is 0 Å². The van der Waals surface area contributed by atoms with Gasteiger partial charge in [0, 0.05) is 23.0 Å². The second-order valence-corrected chi connectivity index (χ2v) is 6.63. The lowest BCUT2D eigenvalue weighted by molar-refractivity contribution is 0.215. The van der Waals surface area contributed by atoms with E-state index < -0.39 is 12.1 Å². The van der Waals surface area contributed by atoms with E-state index >= 15 is 0 Å². The quantitative estimate of drug-likeness (QED) is 0.621. The molecule has 2 aromatic carbocycles. The second-order valence-electron chi connectivity index (χ2n) is 5.88. The number of nitrogens with zero attached hydrogens (tertiary/aromatic N) is 2. The highest BCUT2D eigenvalue weighted by atomic mass is 32.1. The molecule has 3 rings (SSSR count). The van der Waals surface area contributed by atoms with Gasteiger partial charge in [-0.1, -0.05) is 67.6 Å². The van der Waals surface area contributed by atoms with Crippen LogP contribution in [-0.2, 0) is 0 Å². The summed E-state index contributed by atoms with van der Waals surface area (Å²) in [7, 11) is 0. The first-order chi connectivity index (χ1) is 12.7. The first kappa shape index (κ1) is 18.0. The van der Waals surface area contributed by atoms with Gasteiger partial charge >= 0.3 is 6.03 Å². The molecule has 0 saturated carbocycles. The number of hydrogen-bond acceptors (Lipinski definition) is 5. The minimum Gasteiger partial charge on any atom is -0.394 e. The fraction of sp³-hybridized carbons (Fsp3) is 0.211. The number of hydrogen-bond donors (Lipinski definition) is 3. The minimum atomic E-state index is -0.414. The largest absolute Gasteiger partial charge is 0.394 e. The summed E-state index contributed by atoms with van der Waals surface area (Å²) in [6.07, 6.45) is 0. The molecule has 0 aliphatic heterocycles. The number of nitrogens with one attached hydrogen (secondary N) is 2. The van der Waals surface area contributed by atoms with E-state index in [0.717, 1.165) is 22.7 Å². The lowest BCUT2D eigenvalue weighted by atomic mass is 9.94.